The Labute approximate surface area is 143 Å². The highest BCUT2D eigenvalue weighted by atomic mass is 35.5. The minimum absolute atomic E-state index is 0.320. The number of halogens is 1. The molecule has 24 heavy (non-hydrogen) atoms. The zero-order valence-electron chi connectivity index (χ0n) is 13.4. The van der Waals surface area contributed by atoms with E-state index >= 15 is 0 Å². The van der Waals surface area contributed by atoms with Crippen molar-refractivity contribution in [2.24, 2.45) is 0 Å². The van der Waals surface area contributed by atoms with Crippen molar-refractivity contribution in [3.05, 3.63) is 61.5 Å². The van der Waals surface area contributed by atoms with Gasteiger partial charge in [0.1, 0.15) is 11.3 Å². The zero-order valence-corrected chi connectivity index (χ0v) is 14.2. The summed E-state index contributed by atoms with van der Waals surface area (Å²) in [6, 6.07) is 7.40. The first-order valence-electron chi connectivity index (χ1n) is 7.72. The molecule has 0 unspecified atom stereocenters. The lowest BCUT2D eigenvalue weighted by Gasteiger charge is -2.06. The average Bonchev–Trinajstić information content (AvgIpc) is 2.98. The number of H-pyrrole nitrogens is 1. The normalized spacial score (nSPS) is 11.6. The molecule has 124 valence electrons. The second-order valence-corrected chi connectivity index (χ2v) is 5.72. The topological polar surface area (TPSA) is 72.7 Å². The Morgan fingerprint density at radius 1 is 1.17 bits per heavy atom. The monoisotopic (exact) mass is 344 g/mol. The van der Waals surface area contributed by atoms with Gasteiger partial charge in [-0.3, -0.25) is 13.9 Å². The first-order chi connectivity index (χ1) is 11.5. The van der Waals surface area contributed by atoms with Crippen molar-refractivity contribution in [2.75, 3.05) is 0 Å². The Morgan fingerprint density at radius 3 is 2.58 bits per heavy atom. The van der Waals surface area contributed by atoms with Crippen LogP contribution >= 0.6 is 11.6 Å². The van der Waals surface area contributed by atoms with Crippen molar-refractivity contribution < 1.29 is 0 Å². The zero-order chi connectivity index (χ0) is 17.3. The molecule has 0 saturated heterocycles. The molecule has 0 aliphatic heterocycles. The number of nitrogens with one attached hydrogen (secondary N) is 1. The molecule has 0 bridgehead atoms. The van der Waals surface area contributed by atoms with Gasteiger partial charge in [-0.25, -0.2) is 9.78 Å². The summed E-state index contributed by atoms with van der Waals surface area (Å²) in [5.74, 6) is 0.512. The summed E-state index contributed by atoms with van der Waals surface area (Å²) in [5.41, 5.74) is 0.945. The molecule has 1 N–H and O–H groups in total. The fraction of sp³-hybridized carbons (Fsp3) is 0.235. The second-order valence-electron chi connectivity index (χ2n) is 5.29. The van der Waals surface area contributed by atoms with Gasteiger partial charge < -0.3 is 4.98 Å². The van der Waals surface area contributed by atoms with Gasteiger partial charge in [0.2, 0.25) is 0 Å². The third-order valence-electron chi connectivity index (χ3n) is 3.79. The van der Waals surface area contributed by atoms with Crippen molar-refractivity contribution in [1.29, 1.82) is 0 Å². The smallest absolute Gasteiger partial charge is 0.332 e. The molecule has 0 aliphatic carbocycles. The predicted octanol–water partition coefficient (Wildman–Crippen LogP) is 2.75. The third kappa shape index (κ3) is 2.80. The van der Waals surface area contributed by atoms with E-state index in [1.165, 1.54) is 9.13 Å². The predicted molar refractivity (Wildman–Crippen MR) is 96.3 cm³/mol. The number of hydrogen-bond acceptors (Lipinski definition) is 3. The van der Waals surface area contributed by atoms with Crippen LogP contribution in [0.1, 0.15) is 25.2 Å². The maximum atomic E-state index is 12.4. The first-order valence-corrected chi connectivity index (χ1v) is 8.10. The minimum Gasteiger partial charge on any atom is -0.333 e. The molecule has 0 aliphatic rings. The lowest BCUT2D eigenvalue weighted by molar-refractivity contribution is 0.605. The molecule has 7 heteroatoms. The maximum absolute atomic E-state index is 12.4. The van der Waals surface area contributed by atoms with Crippen LogP contribution in [0.2, 0.25) is 5.02 Å². The van der Waals surface area contributed by atoms with Crippen LogP contribution < -0.4 is 11.2 Å². The number of aromatic nitrogens is 4. The third-order valence-corrected chi connectivity index (χ3v) is 4.03. The van der Waals surface area contributed by atoms with Crippen LogP contribution in [0.4, 0.5) is 0 Å². The maximum Gasteiger partial charge on any atom is 0.332 e. The second kappa shape index (κ2) is 6.49. The molecule has 6 nitrogen and oxygen atoms in total. The molecule has 0 amide bonds. The fourth-order valence-corrected chi connectivity index (χ4v) is 2.81. The van der Waals surface area contributed by atoms with Crippen LogP contribution in [0, 0.1) is 0 Å². The Balaban J connectivity index is 2.13. The van der Waals surface area contributed by atoms with Crippen molar-refractivity contribution in [1.82, 2.24) is 19.1 Å². The molecular weight excluding hydrogens is 328 g/mol. The lowest BCUT2D eigenvalue weighted by atomic mass is 10.2. The Hall–Kier alpha value is -2.60. The molecule has 0 atom stereocenters. The molecule has 3 aromatic rings. The summed E-state index contributed by atoms with van der Waals surface area (Å²) in [7, 11) is 0. The van der Waals surface area contributed by atoms with Crippen molar-refractivity contribution in [3.8, 4) is 0 Å². The van der Waals surface area contributed by atoms with Gasteiger partial charge in [0, 0.05) is 18.1 Å². The molecule has 1 aromatic carbocycles. The van der Waals surface area contributed by atoms with E-state index in [-0.39, 0.29) is 11.2 Å². The number of aromatic amines is 1. The van der Waals surface area contributed by atoms with Crippen LogP contribution in [0.5, 0.6) is 0 Å². The highest BCUT2D eigenvalue weighted by Crippen LogP contribution is 2.14. The van der Waals surface area contributed by atoms with Gasteiger partial charge >= 0.3 is 5.69 Å². The summed E-state index contributed by atoms with van der Waals surface area (Å²) in [4.78, 5) is 32.1. The molecule has 2 aromatic heterocycles. The summed E-state index contributed by atoms with van der Waals surface area (Å²) in [6.45, 7) is 4.38. The quantitative estimate of drug-likeness (QED) is 0.791. The summed E-state index contributed by atoms with van der Waals surface area (Å²) in [5, 5.41) is 0.646. The van der Waals surface area contributed by atoms with Crippen LogP contribution in [-0.4, -0.2) is 19.1 Å². The highest BCUT2D eigenvalue weighted by molar-refractivity contribution is 6.30. The minimum atomic E-state index is -0.350. The SMILES string of the molecule is CCn1c(=O)c2[nH]c(C=Cc3cccc(Cl)c3)nc2n(CC)c1=O. The number of hydrogen-bond donors (Lipinski definition) is 1. The van der Waals surface area contributed by atoms with Gasteiger partial charge in [-0.15, -0.1) is 0 Å². The largest absolute Gasteiger partial charge is 0.333 e. The fourth-order valence-electron chi connectivity index (χ4n) is 2.61. The van der Waals surface area contributed by atoms with Crippen molar-refractivity contribution >= 4 is 34.9 Å². The van der Waals surface area contributed by atoms with Gasteiger partial charge in [-0.2, -0.15) is 0 Å². The van der Waals surface area contributed by atoms with E-state index in [4.69, 9.17) is 11.6 Å². The molecular formula is C17H17ClN4O2. The van der Waals surface area contributed by atoms with Gasteiger partial charge in [0.05, 0.1) is 0 Å². The van der Waals surface area contributed by atoms with E-state index in [1.807, 2.05) is 31.2 Å². The van der Waals surface area contributed by atoms with Gasteiger partial charge in [0.15, 0.2) is 5.65 Å². The van der Waals surface area contributed by atoms with Crippen LogP contribution in [-0.2, 0) is 13.1 Å². The first kappa shape index (κ1) is 16.3. The van der Waals surface area contributed by atoms with E-state index in [1.54, 1.807) is 19.1 Å². The lowest BCUT2D eigenvalue weighted by Crippen LogP contribution is -2.39. The van der Waals surface area contributed by atoms with Gasteiger partial charge in [0.25, 0.3) is 5.56 Å². The molecule has 0 fully saturated rings. The van der Waals surface area contributed by atoms with Crippen LogP contribution in [0.15, 0.2) is 33.9 Å². The molecule has 0 radical (unpaired) electrons. The van der Waals surface area contributed by atoms with Gasteiger partial charge in [-0.1, -0.05) is 29.8 Å². The van der Waals surface area contributed by atoms with Crippen molar-refractivity contribution in [2.45, 2.75) is 26.9 Å². The number of benzene rings is 1. The number of fused-ring (bicyclic) bond motifs is 1. The summed E-state index contributed by atoms with van der Waals surface area (Å²) >= 11 is 5.96. The Kier molecular flexibility index (Phi) is 4.40. The molecule has 0 spiro atoms. The number of aryl methyl sites for hydroxylation is 1. The van der Waals surface area contributed by atoms with E-state index in [9.17, 15) is 9.59 Å². The van der Waals surface area contributed by atoms with Crippen molar-refractivity contribution in [3.63, 3.8) is 0 Å². The number of imidazole rings is 1. The highest BCUT2D eigenvalue weighted by Gasteiger charge is 2.14. The van der Waals surface area contributed by atoms with E-state index in [2.05, 4.69) is 9.97 Å². The molecule has 2 heterocycles. The van der Waals surface area contributed by atoms with E-state index < -0.39 is 0 Å². The van der Waals surface area contributed by atoms with E-state index in [0.29, 0.717) is 35.1 Å². The Bertz CT molecular complexity index is 1040. The summed E-state index contributed by atoms with van der Waals surface area (Å²) in [6.07, 6.45) is 3.60. The molecule has 3 rings (SSSR count). The number of nitrogens with zero attached hydrogens (tertiary/aromatic N) is 3. The molecule has 0 saturated carbocycles. The van der Waals surface area contributed by atoms with E-state index in [0.717, 1.165) is 5.56 Å². The van der Waals surface area contributed by atoms with Crippen LogP contribution in [0.25, 0.3) is 23.3 Å². The number of rotatable bonds is 4. The Morgan fingerprint density at radius 2 is 1.92 bits per heavy atom. The average molecular weight is 345 g/mol. The van der Waals surface area contributed by atoms with Gasteiger partial charge in [-0.05, 0) is 37.6 Å². The standard InChI is InChI=1S/C17H17ClN4O2/c1-3-21-15-14(16(23)22(4-2)17(21)24)19-13(20-15)9-8-11-6-5-7-12(18)10-11/h5-10H,3-4H2,1-2H3,(H,19,20). The summed E-state index contributed by atoms with van der Waals surface area (Å²) < 4.78 is 2.70. The van der Waals surface area contributed by atoms with Crippen LogP contribution in [0.3, 0.4) is 0 Å².